The number of carbonyl (C=O) groups is 1. The summed E-state index contributed by atoms with van der Waals surface area (Å²) in [6.45, 7) is 8.44. The first-order valence-electron chi connectivity index (χ1n) is 4.90. The minimum Gasteiger partial charge on any atom is -0.478 e. The second kappa shape index (κ2) is 3.52. The van der Waals surface area contributed by atoms with Crippen LogP contribution in [0.15, 0.2) is 11.6 Å². The van der Waals surface area contributed by atoms with Crippen molar-refractivity contribution in [2.45, 2.75) is 27.7 Å². The Morgan fingerprint density at radius 1 is 1.23 bits per heavy atom. The maximum atomic E-state index is 10.9. The molecule has 0 saturated carbocycles. The minimum absolute atomic E-state index is 0.184. The van der Waals surface area contributed by atoms with Crippen molar-refractivity contribution in [3.8, 4) is 0 Å². The summed E-state index contributed by atoms with van der Waals surface area (Å²) in [7, 11) is 0. The third kappa shape index (κ3) is 1.77. The van der Waals surface area contributed by atoms with E-state index >= 15 is 0 Å². The molecule has 0 heterocycles. The van der Waals surface area contributed by atoms with Crippen molar-refractivity contribution in [2.75, 3.05) is 0 Å². The van der Waals surface area contributed by atoms with E-state index in [4.69, 9.17) is 5.11 Å². The van der Waals surface area contributed by atoms with Gasteiger partial charge in [0.05, 0.1) is 0 Å². The van der Waals surface area contributed by atoms with Gasteiger partial charge in [-0.3, -0.25) is 0 Å². The fourth-order valence-electron chi connectivity index (χ4n) is 2.07. The number of carboxylic acid groups (broad SMARTS) is 1. The van der Waals surface area contributed by atoms with Crippen LogP contribution in [0.5, 0.6) is 0 Å². The molecular formula is C11H18O2. The third-order valence-electron chi connectivity index (χ3n) is 3.63. The van der Waals surface area contributed by atoms with Crippen molar-refractivity contribution in [3.05, 3.63) is 11.6 Å². The Balaban J connectivity index is 2.97. The van der Waals surface area contributed by atoms with Gasteiger partial charge in [-0.15, -0.1) is 0 Å². The monoisotopic (exact) mass is 182 g/mol. The van der Waals surface area contributed by atoms with Gasteiger partial charge in [0.1, 0.15) is 0 Å². The molecule has 1 N–H and O–H groups in total. The van der Waals surface area contributed by atoms with Gasteiger partial charge in [-0.1, -0.05) is 33.8 Å². The van der Waals surface area contributed by atoms with E-state index in [1.54, 1.807) is 0 Å². The molecule has 1 aliphatic carbocycles. The van der Waals surface area contributed by atoms with E-state index in [9.17, 15) is 4.79 Å². The molecule has 0 bridgehead atoms. The van der Waals surface area contributed by atoms with E-state index in [0.29, 0.717) is 23.3 Å². The Morgan fingerprint density at radius 2 is 1.77 bits per heavy atom. The topological polar surface area (TPSA) is 37.3 Å². The van der Waals surface area contributed by atoms with Crippen LogP contribution >= 0.6 is 0 Å². The predicted molar refractivity (Wildman–Crippen MR) is 52.4 cm³/mol. The molecule has 0 radical (unpaired) electrons. The normalized spacial score (nSPS) is 39.8. The highest BCUT2D eigenvalue weighted by atomic mass is 16.4. The number of hydrogen-bond acceptors (Lipinski definition) is 1. The zero-order valence-electron chi connectivity index (χ0n) is 8.74. The fraction of sp³-hybridized carbons (Fsp3) is 0.727. The van der Waals surface area contributed by atoms with Crippen molar-refractivity contribution in [2.24, 2.45) is 23.7 Å². The molecule has 74 valence electrons. The van der Waals surface area contributed by atoms with Crippen LogP contribution in [0.2, 0.25) is 0 Å². The summed E-state index contributed by atoms with van der Waals surface area (Å²) in [5.41, 5.74) is 0.595. The molecule has 1 rings (SSSR count). The molecule has 0 amide bonds. The Morgan fingerprint density at radius 3 is 2.23 bits per heavy atom. The first-order chi connectivity index (χ1) is 5.95. The second-order valence-corrected chi connectivity index (χ2v) is 4.29. The first-order valence-corrected chi connectivity index (χ1v) is 4.90. The number of carboxylic acids is 1. The number of rotatable bonds is 1. The number of aliphatic carboxylic acids is 1. The summed E-state index contributed by atoms with van der Waals surface area (Å²) in [5.74, 6) is 0.864. The summed E-state index contributed by atoms with van der Waals surface area (Å²) in [5, 5.41) is 8.96. The first kappa shape index (κ1) is 10.3. The van der Waals surface area contributed by atoms with E-state index < -0.39 is 5.97 Å². The lowest BCUT2D eigenvalue weighted by Crippen LogP contribution is -2.30. The lowest BCUT2D eigenvalue weighted by Gasteiger charge is -2.34. The zero-order chi connectivity index (χ0) is 10.2. The SMILES string of the molecule is CC1C=C(C(=O)O)C(C)C(C)C1C. The molecule has 4 atom stereocenters. The van der Waals surface area contributed by atoms with Crippen LogP contribution in [0, 0.1) is 23.7 Å². The van der Waals surface area contributed by atoms with Gasteiger partial charge in [0.15, 0.2) is 0 Å². The summed E-state index contributed by atoms with van der Waals surface area (Å²) >= 11 is 0. The molecule has 0 fully saturated rings. The number of hydrogen-bond donors (Lipinski definition) is 1. The average molecular weight is 182 g/mol. The molecule has 0 aromatic rings. The van der Waals surface area contributed by atoms with Crippen LogP contribution < -0.4 is 0 Å². The molecule has 1 aliphatic rings. The maximum absolute atomic E-state index is 10.9. The van der Waals surface area contributed by atoms with Gasteiger partial charge >= 0.3 is 5.97 Å². The van der Waals surface area contributed by atoms with E-state index in [-0.39, 0.29) is 5.92 Å². The fourth-order valence-corrected chi connectivity index (χ4v) is 2.07. The minimum atomic E-state index is -0.752. The summed E-state index contributed by atoms with van der Waals surface area (Å²) in [4.78, 5) is 10.9. The Kier molecular flexibility index (Phi) is 2.79. The Bertz CT molecular complexity index is 242. The van der Waals surface area contributed by atoms with Gasteiger partial charge in [-0.25, -0.2) is 4.79 Å². The van der Waals surface area contributed by atoms with Crippen LogP contribution in [-0.2, 0) is 4.79 Å². The molecule has 0 aromatic heterocycles. The van der Waals surface area contributed by atoms with Gasteiger partial charge in [0, 0.05) is 5.57 Å². The standard InChI is InChI=1S/C11H18O2/c1-6-5-10(11(12)13)9(4)8(3)7(6)2/h5-9H,1-4H3,(H,12,13). The summed E-state index contributed by atoms with van der Waals surface area (Å²) in [6, 6.07) is 0. The molecule has 4 unspecified atom stereocenters. The molecule has 2 heteroatoms. The van der Waals surface area contributed by atoms with Gasteiger partial charge in [0.2, 0.25) is 0 Å². The second-order valence-electron chi connectivity index (χ2n) is 4.29. The van der Waals surface area contributed by atoms with E-state index in [1.165, 1.54) is 0 Å². The zero-order valence-corrected chi connectivity index (χ0v) is 8.74. The lowest BCUT2D eigenvalue weighted by molar-refractivity contribution is -0.133. The van der Waals surface area contributed by atoms with Gasteiger partial charge in [0.25, 0.3) is 0 Å². The molecule has 0 aliphatic heterocycles. The average Bonchev–Trinajstić information content (AvgIpc) is 2.07. The van der Waals surface area contributed by atoms with Crippen molar-refractivity contribution in [1.82, 2.24) is 0 Å². The maximum Gasteiger partial charge on any atom is 0.331 e. The highest BCUT2D eigenvalue weighted by Crippen LogP contribution is 2.37. The summed E-state index contributed by atoms with van der Waals surface area (Å²) in [6.07, 6.45) is 1.91. The molecular weight excluding hydrogens is 164 g/mol. The largest absolute Gasteiger partial charge is 0.478 e. The van der Waals surface area contributed by atoms with Crippen LogP contribution in [0.4, 0.5) is 0 Å². The quantitative estimate of drug-likeness (QED) is 0.676. The van der Waals surface area contributed by atoms with Crippen molar-refractivity contribution >= 4 is 5.97 Å². The Hall–Kier alpha value is -0.790. The predicted octanol–water partition coefficient (Wildman–Crippen LogP) is 2.56. The van der Waals surface area contributed by atoms with Crippen molar-refractivity contribution in [3.63, 3.8) is 0 Å². The van der Waals surface area contributed by atoms with Gasteiger partial charge < -0.3 is 5.11 Å². The van der Waals surface area contributed by atoms with E-state index in [0.717, 1.165) is 0 Å². The van der Waals surface area contributed by atoms with Gasteiger partial charge in [-0.2, -0.15) is 0 Å². The lowest BCUT2D eigenvalue weighted by atomic mass is 9.70. The van der Waals surface area contributed by atoms with Crippen LogP contribution in [0.1, 0.15) is 27.7 Å². The highest BCUT2D eigenvalue weighted by Gasteiger charge is 2.32. The molecule has 0 spiro atoms. The smallest absolute Gasteiger partial charge is 0.331 e. The van der Waals surface area contributed by atoms with E-state index in [2.05, 4.69) is 20.8 Å². The van der Waals surface area contributed by atoms with Crippen LogP contribution in [0.25, 0.3) is 0 Å². The highest BCUT2D eigenvalue weighted by molar-refractivity contribution is 5.87. The van der Waals surface area contributed by atoms with Crippen molar-refractivity contribution in [1.29, 1.82) is 0 Å². The number of allylic oxidation sites excluding steroid dienone is 1. The Labute approximate surface area is 79.6 Å². The molecule has 0 saturated heterocycles. The molecule has 13 heavy (non-hydrogen) atoms. The van der Waals surface area contributed by atoms with Crippen LogP contribution in [0.3, 0.4) is 0 Å². The third-order valence-corrected chi connectivity index (χ3v) is 3.63. The summed E-state index contributed by atoms with van der Waals surface area (Å²) < 4.78 is 0. The van der Waals surface area contributed by atoms with Crippen LogP contribution in [-0.4, -0.2) is 11.1 Å². The van der Waals surface area contributed by atoms with Crippen molar-refractivity contribution < 1.29 is 9.90 Å². The molecule has 2 nitrogen and oxygen atoms in total. The van der Waals surface area contributed by atoms with E-state index in [1.807, 2.05) is 13.0 Å². The molecule has 0 aromatic carbocycles. The van der Waals surface area contributed by atoms with Gasteiger partial charge in [-0.05, 0) is 23.7 Å².